The van der Waals surface area contributed by atoms with Gasteiger partial charge in [-0.1, -0.05) is 42.1 Å². The number of nitrogens with zero attached hydrogens (tertiary/aromatic N) is 3. The lowest BCUT2D eigenvalue weighted by Crippen LogP contribution is -2.42. The Kier molecular flexibility index (Phi) is 5.53. The molecule has 1 atom stereocenters. The van der Waals surface area contributed by atoms with Gasteiger partial charge in [-0.15, -0.1) is 10.2 Å². The molecule has 1 heterocycles. The van der Waals surface area contributed by atoms with E-state index in [1.807, 2.05) is 41.9 Å². The average Bonchev–Trinajstić information content (AvgIpc) is 3.37. The summed E-state index contributed by atoms with van der Waals surface area (Å²) in [6.45, 7) is 1.51. The molecule has 6 nitrogen and oxygen atoms in total. The number of Topliss-reactive ketones (excluding diaryl/α,β-unsaturated/α-hetero) is 1. The van der Waals surface area contributed by atoms with Crippen molar-refractivity contribution in [3.05, 3.63) is 41.7 Å². The minimum atomic E-state index is -0.503. The van der Waals surface area contributed by atoms with Crippen molar-refractivity contribution >= 4 is 23.5 Å². The van der Waals surface area contributed by atoms with Gasteiger partial charge in [-0.25, -0.2) is 0 Å². The minimum absolute atomic E-state index is 0.0446. The van der Waals surface area contributed by atoms with Crippen molar-refractivity contribution in [2.24, 2.45) is 7.05 Å². The van der Waals surface area contributed by atoms with Gasteiger partial charge < -0.3 is 9.88 Å². The summed E-state index contributed by atoms with van der Waals surface area (Å²) in [4.78, 5) is 24.1. The lowest BCUT2D eigenvalue weighted by Gasteiger charge is -2.16. The first kappa shape index (κ1) is 17.7. The van der Waals surface area contributed by atoms with E-state index in [0.717, 1.165) is 29.4 Å². The van der Waals surface area contributed by atoms with E-state index in [2.05, 4.69) is 15.5 Å². The van der Waals surface area contributed by atoms with Crippen LogP contribution in [0.2, 0.25) is 0 Å². The Morgan fingerprint density at radius 2 is 2.00 bits per heavy atom. The van der Waals surface area contributed by atoms with Crippen LogP contribution in [0.25, 0.3) is 0 Å². The highest BCUT2D eigenvalue weighted by Crippen LogP contribution is 2.39. The van der Waals surface area contributed by atoms with Gasteiger partial charge in [0.15, 0.2) is 10.9 Å². The fraction of sp³-hybridized carbons (Fsp3) is 0.444. The Balaban J connectivity index is 1.54. The van der Waals surface area contributed by atoms with Crippen LogP contribution in [0.3, 0.4) is 0 Å². The second-order valence-corrected chi connectivity index (χ2v) is 7.33. The molecule has 0 spiro atoms. The van der Waals surface area contributed by atoms with Gasteiger partial charge in [0.2, 0.25) is 5.91 Å². The summed E-state index contributed by atoms with van der Waals surface area (Å²) >= 11 is 1.35. The molecule has 25 heavy (non-hydrogen) atoms. The van der Waals surface area contributed by atoms with Crippen molar-refractivity contribution in [3.8, 4) is 0 Å². The first-order valence-electron chi connectivity index (χ1n) is 8.40. The van der Waals surface area contributed by atoms with Crippen LogP contribution in [0, 0.1) is 0 Å². The van der Waals surface area contributed by atoms with Crippen LogP contribution >= 0.6 is 11.8 Å². The largest absolute Gasteiger partial charge is 0.345 e. The first-order valence-corrected chi connectivity index (χ1v) is 9.39. The summed E-state index contributed by atoms with van der Waals surface area (Å²) in [5.41, 5.74) is 1.03. The topological polar surface area (TPSA) is 76.9 Å². The van der Waals surface area contributed by atoms with E-state index in [1.165, 1.54) is 18.7 Å². The molecule has 1 aliphatic rings. The zero-order valence-corrected chi connectivity index (χ0v) is 15.3. The summed E-state index contributed by atoms with van der Waals surface area (Å²) < 4.78 is 1.96. The van der Waals surface area contributed by atoms with Gasteiger partial charge in [0.05, 0.1) is 11.8 Å². The zero-order valence-electron chi connectivity index (χ0n) is 14.4. The minimum Gasteiger partial charge on any atom is -0.345 e. The molecule has 1 aliphatic carbocycles. The Morgan fingerprint density at radius 1 is 1.28 bits per heavy atom. The summed E-state index contributed by atoms with van der Waals surface area (Å²) in [5.74, 6) is 1.52. The van der Waals surface area contributed by atoms with Crippen molar-refractivity contribution < 1.29 is 9.59 Å². The monoisotopic (exact) mass is 358 g/mol. The van der Waals surface area contributed by atoms with Gasteiger partial charge in [0.25, 0.3) is 0 Å². The molecule has 0 unspecified atom stereocenters. The molecule has 1 amide bonds. The summed E-state index contributed by atoms with van der Waals surface area (Å²) in [6.07, 6.45) is 2.83. The third kappa shape index (κ3) is 4.69. The highest BCUT2D eigenvalue weighted by atomic mass is 32.2. The summed E-state index contributed by atoms with van der Waals surface area (Å²) in [5, 5.41) is 11.9. The van der Waals surface area contributed by atoms with Crippen LogP contribution in [0.4, 0.5) is 0 Å². The molecular weight excluding hydrogens is 336 g/mol. The summed E-state index contributed by atoms with van der Waals surface area (Å²) in [7, 11) is 1.93. The second kappa shape index (κ2) is 7.82. The lowest BCUT2D eigenvalue weighted by molar-refractivity contribution is -0.125. The maximum Gasteiger partial charge on any atom is 0.231 e. The number of hydrogen-bond acceptors (Lipinski definition) is 5. The van der Waals surface area contributed by atoms with E-state index in [4.69, 9.17) is 0 Å². The van der Waals surface area contributed by atoms with E-state index in [9.17, 15) is 9.59 Å². The van der Waals surface area contributed by atoms with Crippen LogP contribution < -0.4 is 5.32 Å². The molecule has 132 valence electrons. The molecule has 0 bridgehead atoms. The molecule has 0 aliphatic heterocycles. The van der Waals surface area contributed by atoms with Crippen molar-refractivity contribution in [3.63, 3.8) is 0 Å². The molecule has 1 aromatic carbocycles. The molecule has 3 rings (SSSR count). The maximum atomic E-state index is 12.2. The van der Waals surface area contributed by atoms with Crippen LogP contribution in [-0.2, 0) is 23.1 Å². The van der Waals surface area contributed by atoms with Gasteiger partial charge in [0.1, 0.15) is 5.82 Å². The van der Waals surface area contributed by atoms with E-state index in [-0.39, 0.29) is 17.4 Å². The van der Waals surface area contributed by atoms with Gasteiger partial charge in [-0.2, -0.15) is 0 Å². The first-order chi connectivity index (χ1) is 12.0. The van der Waals surface area contributed by atoms with Crippen molar-refractivity contribution in [2.45, 2.75) is 43.3 Å². The number of carbonyl (C=O) groups excluding carboxylic acids is 2. The van der Waals surface area contributed by atoms with E-state index >= 15 is 0 Å². The number of thioether (sulfide) groups is 1. The number of nitrogens with one attached hydrogen (secondary N) is 1. The number of ketones is 1. The smallest absolute Gasteiger partial charge is 0.231 e. The number of benzene rings is 1. The molecule has 1 saturated carbocycles. The Morgan fingerprint density at radius 3 is 2.64 bits per heavy atom. The average molecular weight is 358 g/mol. The molecule has 7 heteroatoms. The molecule has 1 aromatic heterocycles. The molecule has 0 radical (unpaired) electrons. The lowest BCUT2D eigenvalue weighted by atomic mass is 10.0. The standard InChI is InChI=1S/C18H22N4O2S/c1-12(23)15(10-13-6-4-3-5-7-13)19-16(24)11-25-18-21-20-17(22(18)2)14-8-9-14/h3-7,14-15H,8-11H2,1-2H3,(H,19,24)/t15-/m1/s1. The Bertz CT molecular complexity index is 756. The highest BCUT2D eigenvalue weighted by Gasteiger charge is 2.29. The number of carbonyl (C=O) groups is 2. The van der Waals surface area contributed by atoms with Crippen molar-refractivity contribution in [1.82, 2.24) is 20.1 Å². The maximum absolute atomic E-state index is 12.2. The van der Waals surface area contributed by atoms with Crippen LogP contribution in [0.5, 0.6) is 0 Å². The van der Waals surface area contributed by atoms with Crippen molar-refractivity contribution in [2.75, 3.05) is 5.75 Å². The van der Waals surface area contributed by atoms with Gasteiger partial charge in [0, 0.05) is 13.0 Å². The molecule has 2 aromatic rings. The van der Waals surface area contributed by atoms with Crippen LogP contribution in [0.1, 0.15) is 37.1 Å². The number of aromatic nitrogens is 3. The van der Waals surface area contributed by atoms with Gasteiger partial charge >= 0.3 is 0 Å². The fourth-order valence-corrected chi connectivity index (χ4v) is 3.39. The zero-order chi connectivity index (χ0) is 17.8. The third-order valence-corrected chi connectivity index (χ3v) is 5.27. The third-order valence-electron chi connectivity index (χ3n) is 4.25. The molecule has 1 fully saturated rings. The van der Waals surface area contributed by atoms with Crippen LogP contribution in [0.15, 0.2) is 35.5 Å². The second-order valence-electron chi connectivity index (χ2n) is 6.38. The summed E-state index contributed by atoms with van der Waals surface area (Å²) in [6, 6.07) is 9.19. The number of amides is 1. The molecule has 1 N–H and O–H groups in total. The Labute approximate surface area is 151 Å². The number of hydrogen-bond donors (Lipinski definition) is 1. The highest BCUT2D eigenvalue weighted by molar-refractivity contribution is 7.99. The Hall–Kier alpha value is -2.15. The predicted octanol–water partition coefficient (Wildman–Crippen LogP) is 2.10. The quantitative estimate of drug-likeness (QED) is 0.731. The van der Waals surface area contributed by atoms with Crippen molar-refractivity contribution in [1.29, 1.82) is 0 Å². The van der Waals surface area contributed by atoms with Gasteiger partial charge in [-0.3, -0.25) is 9.59 Å². The molecular formula is C18H22N4O2S. The van der Waals surface area contributed by atoms with E-state index in [0.29, 0.717) is 12.3 Å². The van der Waals surface area contributed by atoms with Gasteiger partial charge in [-0.05, 0) is 31.7 Å². The normalized spacial score (nSPS) is 15.0. The predicted molar refractivity (Wildman–Crippen MR) is 96.5 cm³/mol. The fourth-order valence-electron chi connectivity index (χ4n) is 2.66. The molecule has 0 saturated heterocycles. The van der Waals surface area contributed by atoms with E-state index in [1.54, 1.807) is 0 Å². The van der Waals surface area contributed by atoms with Crippen LogP contribution in [-0.4, -0.2) is 38.2 Å². The van der Waals surface area contributed by atoms with E-state index < -0.39 is 6.04 Å². The SMILES string of the molecule is CC(=O)[C@@H](Cc1ccccc1)NC(=O)CSc1nnc(C2CC2)n1C. The number of rotatable bonds is 8.